The third-order valence-electron chi connectivity index (χ3n) is 2.52. The molecule has 1 aromatic carbocycles. The van der Waals surface area contributed by atoms with E-state index < -0.39 is 16.1 Å². The molecule has 1 atom stereocenters. The van der Waals surface area contributed by atoms with Crippen molar-refractivity contribution in [3.63, 3.8) is 0 Å². The molecule has 0 aliphatic heterocycles. The van der Waals surface area contributed by atoms with Crippen LogP contribution in [0.1, 0.15) is 25.8 Å². The molecule has 0 heterocycles. The van der Waals surface area contributed by atoms with E-state index in [1.54, 1.807) is 12.1 Å². The van der Waals surface area contributed by atoms with Crippen LogP contribution < -0.4 is 10.0 Å². The Kier molecular flexibility index (Phi) is 6.41. The van der Waals surface area contributed by atoms with E-state index in [1.807, 2.05) is 25.1 Å². The van der Waals surface area contributed by atoms with E-state index in [0.29, 0.717) is 6.54 Å². The smallest absolute Gasteiger partial charge is 0.237 e. The van der Waals surface area contributed by atoms with Crippen LogP contribution in [0.4, 0.5) is 0 Å². The van der Waals surface area contributed by atoms with E-state index in [4.69, 9.17) is 0 Å². The Bertz CT molecular complexity index is 553. The summed E-state index contributed by atoms with van der Waals surface area (Å²) in [4.78, 5) is 11.6. The zero-order chi connectivity index (χ0) is 15.0. The SMILES string of the molecule is CCCNC(=O)[C@H](C)NS(=O)(=O)/C=C/c1ccccc1. The summed E-state index contributed by atoms with van der Waals surface area (Å²) < 4.78 is 25.9. The van der Waals surface area contributed by atoms with Gasteiger partial charge in [0.15, 0.2) is 0 Å². The lowest BCUT2D eigenvalue weighted by Crippen LogP contribution is -2.44. The van der Waals surface area contributed by atoms with E-state index in [-0.39, 0.29) is 5.91 Å². The molecule has 1 aromatic rings. The fraction of sp³-hybridized carbons (Fsp3) is 0.357. The van der Waals surface area contributed by atoms with E-state index in [1.165, 1.54) is 13.0 Å². The summed E-state index contributed by atoms with van der Waals surface area (Å²) in [6, 6.07) is 8.28. The van der Waals surface area contributed by atoms with Gasteiger partial charge in [0.2, 0.25) is 15.9 Å². The van der Waals surface area contributed by atoms with Crippen LogP contribution >= 0.6 is 0 Å². The Labute approximate surface area is 120 Å². The fourth-order valence-electron chi connectivity index (χ4n) is 1.47. The number of hydrogen-bond donors (Lipinski definition) is 2. The van der Waals surface area contributed by atoms with Gasteiger partial charge in [0.05, 0.1) is 6.04 Å². The van der Waals surface area contributed by atoms with Crippen LogP contribution in [0, 0.1) is 0 Å². The van der Waals surface area contributed by atoms with Gasteiger partial charge in [-0.25, -0.2) is 8.42 Å². The van der Waals surface area contributed by atoms with Crippen molar-refractivity contribution < 1.29 is 13.2 Å². The van der Waals surface area contributed by atoms with Crippen molar-refractivity contribution in [2.45, 2.75) is 26.3 Å². The quantitative estimate of drug-likeness (QED) is 0.800. The maximum Gasteiger partial charge on any atom is 0.237 e. The van der Waals surface area contributed by atoms with Crippen LogP contribution in [0.2, 0.25) is 0 Å². The molecule has 0 spiro atoms. The number of nitrogens with one attached hydrogen (secondary N) is 2. The fourth-order valence-corrected chi connectivity index (χ4v) is 2.49. The van der Waals surface area contributed by atoms with Gasteiger partial charge in [0, 0.05) is 12.0 Å². The van der Waals surface area contributed by atoms with Crippen LogP contribution in [-0.2, 0) is 14.8 Å². The lowest BCUT2D eigenvalue weighted by atomic mass is 10.2. The van der Waals surface area contributed by atoms with Gasteiger partial charge in [-0.1, -0.05) is 37.3 Å². The summed E-state index contributed by atoms with van der Waals surface area (Å²) >= 11 is 0. The van der Waals surface area contributed by atoms with Gasteiger partial charge in [-0.2, -0.15) is 4.72 Å². The second kappa shape index (κ2) is 7.81. The van der Waals surface area contributed by atoms with Crippen molar-refractivity contribution in [1.82, 2.24) is 10.0 Å². The summed E-state index contributed by atoms with van der Waals surface area (Å²) in [5, 5.41) is 3.70. The van der Waals surface area contributed by atoms with Crippen molar-refractivity contribution in [3.8, 4) is 0 Å². The van der Waals surface area contributed by atoms with E-state index in [0.717, 1.165) is 17.4 Å². The molecule has 0 aliphatic carbocycles. The van der Waals surface area contributed by atoms with Gasteiger partial charge in [-0.05, 0) is 25.0 Å². The number of carbonyl (C=O) groups is 1. The summed E-state index contributed by atoms with van der Waals surface area (Å²) in [5.74, 6) is -0.330. The highest BCUT2D eigenvalue weighted by molar-refractivity contribution is 7.92. The predicted octanol–water partition coefficient (Wildman–Crippen LogP) is 1.49. The predicted molar refractivity (Wildman–Crippen MR) is 80.3 cm³/mol. The first kappa shape index (κ1) is 16.4. The minimum Gasteiger partial charge on any atom is -0.355 e. The number of rotatable bonds is 7. The van der Waals surface area contributed by atoms with Crippen LogP contribution in [0.25, 0.3) is 6.08 Å². The Morgan fingerprint density at radius 2 is 1.95 bits per heavy atom. The number of sulfonamides is 1. The van der Waals surface area contributed by atoms with E-state index in [9.17, 15) is 13.2 Å². The van der Waals surface area contributed by atoms with E-state index >= 15 is 0 Å². The lowest BCUT2D eigenvalue weighted by molar-refractivity contribution is -0.122. The Hall–Kier alpha value is -1.66. The monoisotopic (exact) mass is 296 g/mol. The molecule has 0 saturated carbocycles. The van der Waals surface area contributed by atoms with Crippen molar-refractivity contribution in [3.05, 3.63) is 41.3 Å². The minimum atomic E-state index is -3.64. The lowest BCUT2D eigenvalue weighted by Gasteiger charge is -2.12. The molecule has 110 valence electrons. The highest BCUT2D eigenvalue weighted by Gasteiger charge is 2.17. The van der Waals surface area contributed by atoms with Gasteiger partial charge in [-0.3, -0.25) is 4.79 Å². The maximum atomic E-state index is 11.8. The van der Waals surface area contributed by atoms with Crippen LogP contribution in [0.5, 0.6) is 0 Å². The summed E-state index contributed by atoms with van der Waals surface area (Å²) in [5.41, 5.74) is 0.779. The van der Waals surface area contributed by atoms with Gasteiger partial charge >= 0.3 is 0 Å². The molecule has 0 fully saturated rings. The Balaban J connectivity index is 2.61. The third-order valence-corrected chi connectivity index (χ3v) is 3.70. The average molecular weight is 296 g/mol. The third kappa shape index (κ3) is 5.99. The standard InChI is InChI=1S/C14H20N2O3S/c1-3-10-15-14(17)12(2)16-20(18,19)11-9-13-7-5-4-6-8-13/h4-9,11-12,16H,3,10H2,1-2H3,(H,15,17)/b11-9+/t12-/m0/s1. The molecular weight excluding hydrogens is 276 g/mol. The maximum absolute atomic E-state index is 11.8. The Morgan fingerprint density at radius 1 is 1.30 bits per heavy atom. The summed E-state index contributed by atoms with van der Waals surface area (Å²) in [6.07, 6.45) is 2.29. The van der Waals surface area contributed by atoms with Crippen molar-refractivity contribution in [2.24, 2.45) is 0 Å². The van der Waals surface area contributed by atoms with Crippen molar-refractivity contribution in [2.75, 3.05) is 6.54 Å². The molecule has 1 rings (SSSR count). The van der Waals surface area contributed by atoms with Gasteiger partial charge in [0.1, 0.15) is 0 Å². The first-order valence-electron chi connectivity index (χ1n) is 6.48. The molecule has 0 aliphatic rings. The number of hydrogen-bond acceptors (Lipinski definition) is 3. The van der Waals surface area contributed by atoms with Crippen molar-refractivity contribution in [1.29, 1.82) is 0 Å². The second-order valence-corrected chi connectivity index (χ2v) is 5.99. The highest BCUT2D eigenvalue weighted by atomic mass is 32.2. The molecule has 0 saturated heterocycles. The minimum absolute atomic E-state index is 0.330. The molecule has 5 nitrogen and oxygen atoms in total. The Morgan fingerprint density at radius 3 is 2.55 bits per heavy atom. The molecule has 20 heavy (non-hydrogen) atoms. The van der Waals surface area contributed by atoms with E-state index in [2.05, 4.69) is 10.0 Å². The van der Waals surface area contributed by atoms with Gasteiger partial charge in [-0.15, -0.1) is 0 Å². The number of carbonyl (C=O) groups excluding carboxylic acids is 1. The molecule has 6 heteroatoms. The largest absolute Gasteiger partial charge is 0.355 e. The molecule has 0 radical (unpaired) electrons. The summed E-state index contributed by atoms with van der Waals surface area (Å²) in [6.45, 7) is 3.97. The number of benzene rings is 1. The molecule has 0 bridgehead atoms. The second-order valence-electron chi connectivity index (χ2n) is 4.39. The highest BCUT2D eigenvalue weighted by Crippen LogP contribution is 2.03. The summed E-state index contributed by atoms with van der Waals surface area (Å²) in [7, 11) is -3.64. The molecular formula is C14H20N2O3S. The topological polar surface area (TPSA) is 75.3 Å². The molecule has 0 aromatic heterocycles. The first-order valence-corrected chi connectivity index (χ1v) is 8.02. The molecule has 0 unspecified atom stereocenters. The van der Waals surface area contributed by atoms with Gasteiger partial charge in [0.25, 0.3) is 0 Å². The van der Waals surface area contributed by atoms with Gasteiger partial charge < -0.3 is 5.32 Å². The average Bonchev–Trinajstić information content (AvgIpc) is 2.43. The first-order chi connectivity index (χ1) is 9.44. The zero-order valence-corrected chi connectivity index (χ0v) is 12.5. The van der Waals surface area contributed by atoms with Crippen LogP contribution in [0.3, 0.4) is 0 Å². The van der Waals surface area contributed by atoms with Crippen molar-refractivity contribution >= 4 is 22.0 Å². The van der Waals surface area contributed by atoms with Crippen LogP contribution in [0.15, 0.2) is 35.7 Å². The normalized spacial score (nSPS) is 13.3. The number of amides is 1. The molecule has 1 amide bonds. The molecule has 2 N–H and O–H groups in total. The van der Waals surface area contributed by atoms with Crippen LogP contribution in [-0.4, -0.2) is 26.9 Å². The zero-order valence-electron chi connectivity index (χ0n) is 11.7.